The molecule has 4 bridgehead atoms. The van der Waals surface area contributed by atoms with Crippen LogP contribution >= 0.6 is 0 Å². The molecule has 4 aliphatic carbocycles. The molecule has 176 valence electrons. The van der Waals surface area contributed by atoms with Gasteiger partial charge in [-0.3, -0.25) is 20.0 Å². The van der Waals surface area contributed by atoms with Crippen molar-refractivity contribution in [2.24, 2.45) is 23.2 Å². The lowest BCUT2D eigenvalue weighted by atomic mass is 9.49. The Morgan fingerprint density at radius 3 is 2.39 bits per heavy atom. The molecule has 0 aliphatic heterocycles. The van der Waals surface area contributed by atoms with E-state index in [9.17, 15) is 9.59 Å². The van der Waals surface area contributed by atoms with Crippen LogP contribution in [-0.4, -0.2) is 47.8 Å². The zero-order valence-electron chi connectivity index (χ0n) is 19.1. The van der Waals surface area contributed by atoms with Crippen molar-refractivity contribution >= 4 is 17.8 Å². The Balaban J connectivity index is 1.14. The molecule has 3 N–H and O–H groups in total. The van der Waals surface area contributed by atoms with Gasteiger partial charge in [0.15, 0.2) is 5.82 Å². The lowest BCUT2D eigenvalue weighted by Gasteiger charge is -2.56. The summed E-state index contributed by atoms with van der Waals surface area (Å²) in [6.07, 6.45) is 8.11. The smallest absolute Gasteiger partial charge is 0.249 e. The van der Waals surface area contributed by atoms with Crippen molar-refractivity contribution in [1.82, 2.24) is 20.5 Å². The first-order valence-corrected chi connectivity index (χ1v) is 11.7. The van der Waals surface area contributed by atoms with Gasteiger partial charge in [-0.25, -0.2) is 0 Å². The summed E-state index contributed by atoms with van der Waals surface area (Å²) in [6, 6.07) is 5.34. The van der Waals surface area contributed by atoms with Crippen molar-refractivity contribution < 1.29 is 19.1 Å². The van der Waals surface area contributed by atoms with Crippen LogP contribution in [0.15, 0.2) is 18.2 Å². The van der Waals surface area contributed by atoms with E-state index < -0.39 is 0 Å². The van der Waals surface area contributed by atoms with Crippen molar-refractivity contribution in [2.75, 3.05) is 26.1 Å². The van der Waals surface area contributed by atoms with Gasteiger partial charge in [0.05, 0.1) is 26.3 Å². The van der Waals surface area contributed by atoms with Crippen LogP contribution in [0.2, 0.25) is 0 Å². The Kier molecular flexibility index (Phi) is 5.72. The van der Waals surface area contributed by atoms with E-state index in [-0.39, 0.29) is 29.7 Å². The Morgan fingerprint density at radius 2 is 1.76 bits per heavy atom. The topological polar surface area (TPSA) is 118 Å². The van der Waals surface area contributed by atoms with E-state index >= 15 is 0 Å². The number of carbonyl (C=O) groups excluding carboxylic acids is 2. The Morgan fingerprint density at radius 1 is 1.06 bits per heavy atom. The third-order valence-electron chi connectivity index (χ3n) is 7.55. The van der Waals surface area contributed by atoms with E-state index in [4.69, 9.17) is 9.47 Å². The molecule has 1 aromatic carbocycles. The first kappa shape index (κ1) is 21.7. The standard InChI is InChI=1S/C24H31N5O4/c1-32-17-3-4-18(19(8-17)33-2)22-27-23(29-28-22)26-21(31)13-25-20(30)12-24-9-14-5-15(10-24)7-16(6-14)11-24/h3-4,8,14-16H,5-7,9-13H2,1-2H3,(H,25,30)(H2,26,27,28,29,31). The van der Waals surface area contributed by atoms with E-state index in [2.05, 4.69) is 25.8 Å². The molecule has 4 fully saturated rings. The first-order chi connectivity index (χ1) is 15.9. The number of anilines is 1. The van der Waals surface area contributed by atoms with Crippen molar-refractivity contribution in [2.45, 2.75) is 44.9 Å². The highest BCUT2D eigenvalue weighted by Gasteiger charge is 2.51. The van der Waals surface area contributed by atoms with Gasteiger partial charge in [0.2, 0.25) is 17.8 Å². The second-order valence-corrected chi connectivity index (χ2v) is 9.99. The Bertz CT molecular complexity index is 1010. The van der Waals surface area contributed by atoms with Crippen LogP contribution in [0, 0.1) is 23.2 Å². The molecule has 2 aromatic rings. The number of methoxy groups -OCH3 is 2. The average molecular weight is 454 g/mol. The van der Waals surface area contributed by atoms with E-state index in [1.54, 1.807) is 32.4 Å². The maximum absolute atomic E-state index is 12.6. The molecule has 6 rings (SSSR count). The van der Waals surface area contributed by atoms with Crippen molar-refractivity contribution in [3.8, 4) is 22.9 Å². The zero-order chi connectivity index (χ0) is 23.0. The third-order valence-corrected chi connectivity index (χ3v) is 7.55. The van der Waals surface area contributed by atoms with Crippen LogP contribution in [0.4, 0.5) is 5.95 Å². The molecule has 1 aromatic heterocycles. The molecule has 4 aliphatic rings. The number of nitrogens with one attached hydrogen (secondary N) is 3. The van der Waals surface area contributed by atoms with Gasteiger partial charge < -0.3 is 14.8 Å². The molecule has 9 nitrogen and oxygen atoms in total. The summed E-state index contributed by atoms with van der Waals surface area (Å²) >= 11 is 0. The number of rotatable bonds is 8. The lowest BCUT2D eigenvalue weighted by Crippen LogP contribution is -2.48. The van der Waals surface area contributed by atoms with Crippen molar-refractivity contribution in [3.63, 3.8) is 0 Å². The molecule has 2 amide bonds. The van der Waals surface area contributed by atoms with Crippen LogP contribution in [-0.2, 0) is 9.59 Å². The maximum Gasteiger partial charge on any atom is 0.249 e. The van der Waals surface area contributed by atoms with Crippen LogP contribution in [0.5, 0.6) is 11.5 Å². The summed E-state index contributed by atoms with van der Waals surface area (Å²) in [5.41, 5.74) is 0.848. The van der Waals surface area contributed by atoms with Gasteiger partial charge in [-0.15, -0.1) is 5.10 Å². The van der Waals surface area contributed by atoms with Gasteiger partial charge in [-0.05, 0) is 73.8 Å². The van der Waals surface area contributed by atoms with Crippen LogP contribution < -0.4 is 20.1 Å². The number of aromatic amines is 1. The van der Waals surface area contributed by atoms with Gasteiger partial charge in [0.1, 0.15) is 11.5 Å². The second-order valence-electron chi connectivity index (χ2n) is 9.99. The monoisotopic (exact) mass is 453 g/mol. The first-order valence-electron chi connectivity index (χ1n) is 11.7. The highest BCUT2D eigenvalue weighted by atomic mass is 16.5. The molecular weight excluding hydrogens is 422 g/mol. The fraction of sp³-hybridized carbons (Fsp3) is 0.583. The summed E-state index contributed by atoms with van der Waals surface area (Å²) in [5.74, 6) is 3.84. The Hall–Kier alpha value is -3.10. The quantitative estimate of drug-likeness (QED) is 0.565. The summed E-state index contributed by atoms with van der Waals surface area (Å²) in [7, 11) is 3.14. The number of hydrogen-bond donors (Lipinski definition) is 3. The molecule has 0 saturated heterocycles. The van der Waals surface area contributed by atoms with Crippen molar-refractivity contribution in [3.05, 3.63) is 18.2 Å². The minimum atomic E-state index is -0.360. The molecule has 1 heterocycles. The molecule has 9 heteroatoms. The number of amides is 2. The van der Waals surface area contributed by atoms with E-state index in [1.165, 1.54) is 38.5 Å². The van der Waals surface area contributed by atoms with Crippen molar-refractivity contribution in [1.29, 1.82) is 0 Å². The van der Waals surface area contributed by atoms with Gasteiger partial charge in [-0.1, -0.05) is 0 Å². The molecular formula is C24H31N5O4. The number of benzene rings is 1. The maximum atomic E-state index is 12.6. The molecule has 4 saturated carbocycles. The minimum absolute atomic E-state index is 0.0363. The third kappa shape index (κ3) is 4.54. The van der Waals surface area contributed by atoms with Crippen LogP contribution in [0.1, 0.15) is 44.9 Å². The number of carbonyl (C=O) groups is 2. The molecule has 0 radical (unpaired) electrons. The minimum Gasteiger partial charge on any atom is -0.497 e. The van der Waals surface area contributed by atoms with Gasteiger partial charge in [0.25, 0.3) is 0 Å². The molecule has 0 atom stereocenters. The second kappa shape index (κ2) is 8.68. The highest BCUT2D eigenvalue weighted by molar-refractivity contribution is 5.93. The predicted octanol–water partition coefficient (Wildman–Crippen LogP) is 3.15. The Labute approximate surface area is 193 Å². The van der Waals surface area contributed by atoms with E-state index in [1.807, 2.05) is 0 Å². The fourth-order valence-electron chi connectivity index (χ4n) is 6.69. The number of aromatic nitrogens is 3. The predicted molar refractivity (Wildman–Crippen MR) is 122 cm³/mol. The van der Waals surface area contributed by atoms with Gasteiger partial charge >= 0.3 is 0 Å². The molecule has 33 heavy (non-hydrogen) atoms. The van der Waals surface area contributed by atoms with Crippen LogP contribution in [0.25, 0.3) is 11.4 Å². The fourth-order valence-corrected chi connectivity index (χ4v) is 6.69. The van der Waals surface area contributed by atoms with E-state index in [0.717, 1.165) is 17.8 Å². The van der Waals surface area contributed by atoms with Gasteiger partial charge in [-0.2, -0.15) is 4.98 Å². The summed E-state index contributed by atoms with van der Waals surface area (Å²) in [5, 5.41) is 12.3. The highest BCUT2D eigenvalue weighted by Crippen LogP contribution is 2.61. The SMILES string of the molecule is COc1ccc(-c2nc(NC(=O)CNC(=O)CC34CC5CC(CC(C5)C3)C4)n[nH]2)c(OC)c1. The normalized spacial score (nSPS) is 27.3. The summed E-state index contributed by atoms with van der Waals surface area (Å²) < 4.78 is 10.6. The molecule has 0 unspecified atom stereocenters. The number of hydrogen-bond acceptors (Lipinski definition) is 6. The lowest BCUT2D eigenvalue weighted by molar-refractivity contribution is -0.131. The average Bonchev–Trinajstić information content (AvgIpc) is 3.24. The number of ether oxygens (including phenoxy) is 2. The number of H-pyrrole nitrogens is 1. The number of nitrogens with zero attached hydrogens (tertiary/aromatic N) is 2. The van der Waals surface area contributed by atoms with Gasteiger partial charge in [0, 0.05) is 12.5 Å². The molecule has 0 spiro atoms. The summed E-state index contributed by atoms with van der Waals surface area (Å²) in [4.78, 5) is 29.3. The zero-order valence-corrected chi connectivity index (χ0v) is 19.1. The van der Waals surface area contributed by atoms with E-state index in [0.29, 0.717) is 29.3 Å². The largest absolute Gasteiger partial charge is 0.497 e. The van der Waals surface area contributed by atoms with Crippen LogP contribution in [0.3, 0.4) is 0 Å². The summed E-state index contributed by atoms with van der Waals surface area (Å²) in [6.45, 7) is -0.0963.